The second kappa shape index (κ2) is 5.27. The summed E-state index contributed by atoms with van der Waals surface area (Å²) in [6, 6.07) is 3.78. The van der Waals surface area contributed by atoms with Crippen LogP contribution in [0, 0.1) is 0 Å². The molecular formula is C12H18N2O2. The quantitative estimate of drug-likeness (QED) is 0.816. The molecule has 16 heavy (non-hydrogen) atoms. The lowest BCUT2D eigenvalue weighted by molar-refractivity contribution is 0.0820. The summed E-state index contributed by atoms with van der Waals surface area (Å²) in [4.78, 5) is 6.57. The lowest BCUT2D eigenvalue weighted by Gasteiger charge is -2.23. The lowest BCUT2D eigenvalue weighted by atomic mass is 10.2. The van der Waals surface area contributed by atoms with E-state index in [1.165, 1.54) is 0 Å². The van der Waals surface area contributed by atoms with E-state index in [9.17, 15) is 0 Å². The van der Waals surface area contributed by atoms with E-state index in [1.807, 2.05) is 12.1 Å². The molecule has 0 saturated carbocycles. The fourth-order valence-electron chi connectivity index (χ4n) is 1.93. The molecule has 0 radical (unpaired) electrons. The number of aliphatic hydroxyl groups is 1. The zero-order valence-electron chi connectivity index (χ0n) is 9.59. The van der Waals surface area contributed by atoms with Crippen LogP contribution >= 0.6 is 0 Å². The summed E-state index contributed by atoms with van der Waals surface area (Å²) in [7, 11) is 0. The van der Waals surface area contributed by atoms with Crippen LogP contribution in [0.3, 0.4) is 0 Å². The van der Waals surface area contributed by atoms with Crippen molar-refractivity contribution in [3.05, 3.63) is 23.9 Å². The van der Waals surface area contributed by atoms with Gasteiger partial charge in [-0.3, -0.25) is 0 Å². The van der Waals surface area contributed by atoms with E-state index in [4.69, 9.17) is 9.84 Å². The summed E-state index contributed by atoms with van der Waals surface area (Å²) in [6.07, 6.45) is 3.01. The van der Waals surface area contributed by atoms with Gasteiger partial charge in [-0.25, -0.2) is 4.98 Å². The molecule has 1 aliphatic rings. The van der Waals surface area contributed by atoms with Gasteiger partial charge >= 0.3 is 0 Å². The Hall–Kier alpha value is -1.13. The first kappa shape index (κ1) is 11.4. The predicted octanol–water partition coefficient (Wildman–Crippen LogP) is 1.19. The Balaban J connectivity index is 2.14. The van der Waals surface area contributed by atoms with E-state index in [0.717, 1.165) is 37.5 Å². The minimum Gasteiger partial charge on any atom is -0.392 e. The highest BCUT2D eigenvalue weighted by atomic mass is 16.5. The third-order valence-electron chi connectivity index (χ3n) is 2.77. The molecule has 0 bridgehead atoms. The highest BCUT2D eigenvalue weighted by Crippen LogP contribution is 2.16. The van der Waals surface area contributed by atoms with E-state index in [1.54, 1.807) is 6.20 Å². The Morgan fingerprint density at radius 1 is 1.62 bits per heavy atom. The van der Waals surface area contributed by atoms with Crippen LogP contribution in [0.25, 0.3) is 0 Å². The largest absolute Gasteiger partial charge is 0.392 e. The number of aromatic nitrogens is 1. The van der Waals surface area contributed by atoms with Gasteiger partial charge in [-0.05, 0) is 31.0 Å². The maximum absolute atomic E-state index is 9.10. The van der Waals surface area contributed by atoms with Gasteiger partial charge < -0.3 is 14.7 Å². The van der Waals surface area contributed by atoms with E-state index in [0.29, 0.717) is 0 Å². The van der Waals surface area contributed by atoms with Crippen LogP contribution in [-0.4, -0.2) is 35.9 Å². The number of nitrogens with zero attached hydrogens (tertiary/aromatic N) is 2. The molecule has 4 nitrogen and oxygen atoms in total. The van der Waals surface area contributed by atoms with Crippen molar-refractivity contribution in [3.8, 4) is 0 Å². The molecule has 2 heterocycles. The van der Waals surface area contributed by atoms with Crippen molar-refractivity contribution < 1.29 is 9.84 Å². The van der Waals surface area contributed by atoms with Gasteiger partial charge in [0.15, 0.2) is 0 Å². The molecule has 1 saturated heterocycles. The molecule has 1 fully saturated rings. The molecule has 1 aliphatic heterocycles. The molecule has 0 amide bonds. The summed E-state index contributed by atoms with van der Waals surface area (Å²) in [5, 5.41) is 9.10. The Morgan fingerprint density at radius 2 is 2.50 bits per heavy atom. The van der Waals surface area contributed by atoms with Gasteiger partial charge in [-0.15, -0.1) is 0 Å². The van der Waals surface area contributed by atoms with Gasteiger partial charge in [0.2, 0.25) is 0 Å². The molecule has 4 heteroatoms. The van der Waals surface area contributed by atoms with Gasteiger partial charge in [-0.2, -0.15) is 0 Å². The minimum atomic E-state index is 0.0649. The average Bonchev–Trinajstić information content (AvgIpc) is 2.54. The zero-order valence-corrected chi connectivity index (χ0v) is 9.59. The summed E-state index contributed by atoms with van der Waals surface area (Å²) in [5.41, 5.74) is 0.905. The normalized spacial score (nSPS) is 21.9. The standard InChI is InChI=1S/C12H18N2O2/c1-10-8-14(5-2-6-16-10)12-7-11(9-15)3-4-13-12/h3-4,7,10,15H,2,5-6,8-9H2,1H3. The Morgan fingerprint density at radius 3 is 3.31 bits per heavy atom. The van der Waals surface area contributed by atoms with Crippen LogP contribution in [0.5, 0.6) is 0 Å². The van der Waals surface area contributed by atoms with Gasteiger partial charge in [0.05, 0.1) is 12.7 Å². The topological polar surface area (TPSA) is 45.6 Å². The third kappa shape index (κ3) is 2.71. The Bertz CT molecular complexity index is 344. The van der Waals surface area contributed by atoms with E-state index < -0.39 is 0 Å². The van der Waals surface area contributed by atoms with E-state index >= 15 is 0 Å². The number of hydrogen-bond donors (Lipinski definition) is 1. The monoisotopic (exact) mass is 222 g/mol. The van der Waals surface area contributed by atoms with Gasteiger partial charge in [-0.1, -0.05) is 0 Å². The van der Waals surface area contributed by atoms with Gasteiger partial charge in [0.1, 0.15) is 5.82 Å². The van der Waals surface area contributed by atoms with Gasteiger partial charge in [0.25, 0.3) is 0 Å². The molecule has 1 aromatic heterocycles. The van der Waals surface area contributed by atoms with Crippen molar-refractivity contribution in [2.45, 2.75) is 26.1 Å². The first-order valence-corrected chi connectivity index (χ1v) is 5.72. The number of anilines is 1. The highest BCUT2D eigenvalue weighted by Gasteiger charge is 2.16. The Labute approximate surface area is 95.9 Å². The molecule has 1 aromatic rings. The number of aliphatic hydroxyl groups excluding tert-OH is 1. The summed E-state index contributed by atoms with van der Waals surface area (Å²) < 4.78 is 5.59. The maximum atomic E-state index is 9.10. The first-order chi connectivity index (χ1) is 7.79. The third-order valence-corrected chi connectivity index (χ3v) is 2.77. The predicted molar refractivity (Wildman–Crippen MR) is 62.4 cm³/mol. The molecule has 0 aliphatic carbocycles. The molecule has 0 aromatic carbocycles. The van der Waals surface area contributed by atoms with Crippen LogP contribution < -0.4 is 4.90 Å². The summed E-state index contributed by atoms with van der Waals surface area (Å²) in [5.74, 6) is 0.934. The molecule has 1 N–H and O–H groups in total. The highest BCUT2D eigenvalue weighted by molar-refractivity contribution is 5.41. The van der Waals surface area contributed by atoms with Crippen molar-refractivity contribution in [1.29, 1.82) is 0 Å². The molecule has 0 spiro atoms. The first-order valence-electron chi connectivity index (χ1n) is 5.72. The smallest absolute Gasteiger partial charge is 0.128 e. The number of pyridine rings is 1. The average molecular weight is 222 g/mol. The molecule has 88 valence electrons. The minimum absolute atomic E-state index is 0.0649. The van der Waals surface area contributed by atoms with Crippen LogP contribution in [0.15, 0.2) is 18.3 Å². The number of rotatable bonds is 2. The van der Waals surface area contributed by atoms with Gasteiger partial charge in [0, 0.05) is 25.9 Å². The van der Waals surface area contributed by atoms with Crippen molar-refractivity contribution in [1.82, 2.24) is 4.98 Å². The second-order valence-corrected chi connectivity index (χ2v) is 4.16. The Kier molecular flexibility index (Phi) is 3.74. The molecular weight excluding hydrogens is 204 g/mol. The van der Waals surface area contributed by atoms with Crippen molar-refractivity contribution in [2.75, 3.05) is 24.6 Å². The molecule has 1 atom stereocenters. The molecule has 1 unspecified atom stereocenters. The van der Waals surface area contributed by atoms with Crippen molar-refractivity contribution in [3.63, 3.8) is 0 Å². The van der Waals surface area contributed by atoms with Crippen LogP contribution in [-0.2, 0) is 11.3 Å². The van der Waals surface area contributed by atoms with Crippen molar-refractivity contribution >= 4 is 5.82 Å². The van der Waals surface area contributed by atoms with E-state index in [2.05, 4.69) is 16.8 Å². The second-order valence-electron chi connectivity index (χ2n) is 4.16. The zero-order chi connectivity index (χ0) is 11.4. The van der Waals surface area contributed by atoms with Crippen LogP contribution in [0.4, 0.5) is 5.82 Å². The maximum Gasteiger partial charge on any atom is 0.128 e. The van der Waals surface area contributed by atoms with Crippen LogP contribution in [0.1, 0.15) is 18.9 Å². The van der Waals surface area contributed by atoms with Crippen LogP contribution in [0.2, 0.25) is 0 Å². The number of hydrogen-bond acceptors (Lipinski definition) is 4. The summed E-state index contributed by atoms with van der Waals surface area (Å²) >= 11 is 0. The molecule has 2 rings (SSSR count). The lowest BCUT2D eigenvalue weighted by Crippen LogP contribution is -2.30. The fraction of sp³-hybridized carbons (Fsp3) is 0.583. The number of ether oxygens (including phenoxy) is 1. The van der Waals surface area contributed by atoms with E-state index in [-0.39, 0.29) is 12.7 Å². The summed E-state index contributed by atoms with van der Waals surface area (Å²) in [6.45, 7) is 4.79. The SMILES string of the molecule is CC1CN(c2cc(CO)ccn2)CCCO1. The fourth-order valence-corrected chi connectivity index (χ4v) is 1.93. The van der Waals surface area contributed by atoms with Crippen molar-refractivity contribution in [2.24, 2.45) is 0 Å².